The highest BCUT2D eigenvalue weighted by atomic mass is 79.9. The van der Waals surface area contributed by atoms with Crippen molar-refractivity contribution in [1.82, 2.24) is 4.90 Å². The lowest BCUT2D eigenvalue weighted by atomic mass is 9.91. The average Bonchev–Trinajstić information content (AvgIpc) is 2.41. The number of halogens is 2. The van der Waals surface area contributed by atoms with Gasteiger partial charge in [0.05, 0.1) is 4.47 Å². The maximum Gasteiger partial charge on any atom is 0.321 e. The Labute approximate surface area is 138 Å². The number of benzene rings is 1. The van der Waals surface area contributed by atoms with Crippen LogP contribution in [0, 0.1) is 5.92 Å². The van der Waals surface area contributed by atoms with Gasteiger partial charge in [-0.25, -0.2) is 0 Å². The van der Waals surface area contributed by atoms with Crippen LogP contribution in [0.25, 0.3) is 0 Å². The molecule has 0 aliphatic carbocycles. The van der Waals surface area contributed by atoms with E-state index in [2.05, 4.69) is 15.9 Å². The molecular weight excluding hydrogens is 358 g/mol. The number of carboxylic acid groups (broad SMARTS) is 1. The molecule has 0 spiro atoms. The van der Waals surface area contributed by atoms with Crippen molar-refractivity contribution in [2.45, 2.75) is 25.8 Å². The van der Waals surface area contributed by atoms with E-state index in [0.717, 1.165) is 29.6 Å². The molecule has 2 unspecified atom stereocenters. The first-order chi connectivity index (χ1) is 9.99. The smallest absolute Gasteiger partial charge is 0.321 e. The zero-order valence-corrected chi connectivity index (χ0v) is 14.2. The number of carboxylic acids is 1. The van der Waals surface area contributed by atoms with Crippen LogP contribution in [-0.2, 0) is 4.79 Å². The number of nitrogens with zero attached hydrogens (tertiary/aromatic N) is 1. The summed E-state index contributed by atoms with van der Waals surface area (Å²) >= 11 is 9.28. The Hall–Kier alpha value is -0.780. The predicted octanol–water partition coefficient (Wildman–Crippen LogP) is 3.67. The minimum Gasteiger partial charge on any atom is -0.491 e. The normalized spacial score (nSPS) is 23.0. The molecule has 1 aliphatic rings. The minimum absolute atomic E-state index is 0.179. The van der Waals surface area contributed by atoms with E-state index in [1.165, 1.54) is 0 Å². The highest BCUT2D eigenvalue weighted by Crippen LogP contribution is 2.28. The minimum atomic E-state index is -0.741. The third-order valence-corrected chi connectivity index (χ3v) is 4.67. The van der Waals surface area contributed by atoms with Gasteiger partial charge >= 0.3 is 5.97 Å². The molecule has 2 atom stereocenters. The highest BCUT2D eigenvalue weighted by molar-refractivity contribution is 9.10. The van der Waals surface area contributed by atoms with Crippen LogP contribution in [0.2, 0.25) is 5.02 Å². The van der Waals surface area contributed by atoms with Crippen molar-refractivity contribution >= 4 is 33.5 Å². The first kappa shape index (κ1) is 16.6. The van der Waals surface area contributed by atoms with Crippen molar-refractivity contribution in [3.05, 3.63) is 27.7 Å². The van der Waals surface area contributed by atoms with Gasteiger partial charge in [-0.2, -0.15) is 0 Å². The maximum atomic E-state index is 11.4. The van der Waals surface area contributed by atoms with Gasteiger partial charge in [0.1, 0.15) is 18.4 Å². The second-order valence-corrected chi connectivity index (χ2v) is 6.65. The number of rotatable bonds is 5. The van der Waals surface area contributed by atoms with Gasteiger partial charge in [-0.1, -0.05) is 18.5 Å². The Morgan fingerprint density at radius 3 is 3.00 bits per heavy atom. The summed E-state index contributed by atoms with van der Waals surface area (Å²) in [5.41, 5.74) is 0. The van der Waals surface area contributed by atoms with Crippen LogP contribution in [0.4, 0.5) is 0 Å². The van der Waals surface area contributed by atoms with Gasteiger partial charge in [0.2, 0.25) is 0 Å². The van der Waals surface area contributed by atoms with Crippen molar-refractivity contribution in [2.75, 3.05) is 19.7 Å². The van der Waals surface area contributed by atoms with Crippen molar-refractivity contribution in [3.8, 4) is 5.75 Å². The molecule has 4 nitrogen and oxygen atoms in total. The van der Waals surface area contributed by atoms with Crippen LogP contribution < -0.4 is 4.74 Å². The van der Waals surface area contributed by atoms with Crippen LogP contribution in [0.5, 0.6) is 5.75 Å². The zero-order valence-electron chi connectivity index (χ0n) is 11.9. The summed E-state index contributed by atoms with van der Waals surface area (Å²) in [6.45, 7) is 3.88. The van der Waals surface area contributed by atoms with Gasteiger partial charge in [0.15, 0.2) is 0 Å². The second-order valence-electron chi connectivity index (χ2n) is 5.36. The summed E-state index contributed by atoms with van der Waals surface area (Å²) in [5, 5.41) is 10.0. The lowest BCUT2D eigenvalue weighted by Crippen LogP contribution is -2.50. The van der Waals surface area contributed by atoms with Crippen molar-refractivity contribution < 1.29 is 14.6 Å². The molecule has 0 amide bonds. The molecule has 0 aromatic heterocycles. The van der Waals surface area contributed by atoms with E-state index in [1.54, 1.807) is 18.2 Å². The molecular formula is C15H19BrClNO3. The zero-order chi connectivity index (χ0) is 15.4. The third kappa shape index (κ3) is 4.34. The standard InChI is InChI=1S/C15H19BrClNO3/c1-10-3-2-6-18(14(10)15(19)20)7-8-21-13-5-4-11(17)9-12(13)16/h4-5,9-10,14H,2-3,6-8H2,1H3,(H,19,20). The SMILES string of the molecule is CC1CCCN(CCOc2ccc(Cl)cc2Br)C1C(=O)O. The van der Waals surface area contributed by atoms with Crippen LogP contribution in [0.3, 0.4) is 0 Å². The van der Waals surface area contributed by atoms with E-state index < -0.39 is 12.0 Å². The number of aliphatic carboxylic acids is 1. The van der Waals surface area contributed by atoms with E-state index in [1.807, 2.05) is 11.8 Å². The van der Waals surface area contributed by atoms with Crippen LogP contribution in [-0.4, -0.2) is 41.7 Å². The topological polar surface area (TPSA) is 49.8 Å². The van der Waals surface area contributed by atoms with Gasteiger partial charge in [-0.15, -0.1) is 0 Å². The molecule has 0 bridgehead atoms. The molecule has 1 aromatic carbocycles. The quantitative estimate of drug-likeness (QED) is 0.852. The summed E-state index contributed by atoms with van der Waals surface area (Å²) in [7, 11) is 0. The molecule has 116 valence electrons. The second kappa shape index (κ2) is 7.47. The summed E-state index contributed by atoms with van der Waals surface area (Å²) < 4.78 is 6.52. The summed E-state index contributed by atoms with van der Waals surface area (Å²) in [4.78, 5) is 13.4. The molecule has 1 fully saturated rings. The molecule has 1 N–H and O–H groups in total. The third-order valence-electron chi connectivity index (χ3n) is 3.82. The van der Waals surface area contributed by atoms with Crippen LogP contribution in [0.15, 0.2) is 22.7 Å². The van der Waals surface area contributed by atoms with E-state index in [0.29, 0.717) is 18.2 Å². The van der Waals surface area contributed by atoms with Gasteiger partial charge in [0.25, 0.3) is 0 Å². The van der Waals surface area contributed by atoms with E-state index in [-0.39, 0.29) is 5.92 Å². The highest BCUT2D eigenvalue weighted by Gasteiger charge is 2.33. The van der Waals surface area contributed by atoms with Crippen LogP contribution in [0.1, 0.15) is 19.8 Å². The fourth-order valence-corrected chi connectivity index (χ4v) is 3.59. The first-order valence-electron chi connectivity index (χ1n) is 7.03. The average molecular weight is 377 g/mol. The van der Waals surface area contributed by atoms with Crippen molar-refractivity contribution in [1.29, 1.82) is 0 Å². The van der Waals surface area contributed by atoms with Gasteiger partial charge in [-0.3, -0.25) is 9.69 Å². The lowest BCUT2D eigenvalue weighted by Gasteiger charge is -2.37. The number of likely N-dealkylation sites (tertiary alicyclic amines) is 1. The Kier molecular flexibility index (Phi) is 5.90. The first-order valence-corrected chi connectivity index (χ1v) is 8.21. The summed E-state index contributed by atoms with van der Waals surface area (Å²) in [5.74, 6) is 0.157. The number of carbonyl (C=O) groups is 1. The number of hydrogen-bond donors (Lipinski definition) is 1. The number of piperidine rings is 1. The Morgan fingerprint density at radius 1 is 1.57 bits per heavy atom. The lowest BCUT2D eigenvalue weighted by molar-refractivity contribution is -0.147. The van der Waals surface area contributed by atoms with Gasteiger partial charge < -0.3 is 9.84 Å². The van der Waals surface area contributed by atoms with E-state index in [4.69, 9.17) is 16.3 Å². The monoisotopic (exact) mass is 375 g/mol. The Balaban J connectivity index is 1.91. The Bertz CT molecular complexity index is 512. The molecule has 1 aliphatic heterocycles. The Morgan fingerprint density at radius 2 is 2.33 bits per heavy atom. The molecule has 6 heteroatoms. The molecule has 1 heterocycles. The fraction of sp³-hybridized carbons (Fsp3) is 0.533. The summed E-state index contributed by atoms with van der Waals surface area (Å²) in [6.07, 6.45) is 2.01. The molecule has 1 aromatic rings. The van der Waals surface area contributed by atoms with Crippen molar-refractivity contribution in [3.63, 3.8) is 0 Å². The molecule has 1 saturated heterocycles. The maximum absolute atomic E-state index is 11.4. The fourth-order valence-electron chi connectivity index (χ4n) is 2.79. The molecule has 21 heavy (non-hydrogen) atoms. The van der Waals surface area contributed by atoms with Gasteiger partial charge in [-0.05, 0) is 59.4 Å². The largest absolute Gasteiger partial charge is 0.491 e. The number of ether oxygens (including phenoxy) is 1. The van der Waals surface area contributed by atoms with E-state index in [9.17, 15) is 9.90 Å². The predicted molar refractivity (Wildman–Crippen MR) is 86.0 cm³/mol. The molecule has 0 radical (unpaired) electrons. The van der Waals surface area contributed by atoms with Gasteiger partial charge in [0, 0.05) is 11.6 Å². The van der Waals surface area contributed by atoms with Crippen LogP contribution >= 0.6 is 27.5 Å². The summed E-state index contributed by atoms with van der Waals surface area (Å²) in [6, 6.07) is 4.95. The molecule has 0 saturated carbocycles. The van der Waals surface area contributed by atoms with Crippen molar-refractivity contribution in [2.24, 2.45) is 5.92 Å². The van der Waals surface area contributed by atoms with E-state index >= 15 is 0 Å². The number of hydrogen-bond acceptors (Lipinski definition) is 3. The molecule has 2 rings (SSSR count).